The fourth-order valence-corrected chi connectivity index (χ4v) is 2.36. The van der Waals surface area contributed by atoms with Gasteiger partial charge in [-0.2, -0.15) is 0 Å². The Morgan fingerprint density at radius 2 is 1.50 bits per heavy atom. The molecule has 0 heterocycles. The molecule has 16 heavy (non-hydrogen) atoms. The number of hydrogen-bond donors (Lipinski definition) is 1. The van der Waals surface area contributed by atoms with Gasteiger partial charge in [0.15, 0.2) is 0 Å². The number of aliphatic hydroxyl groups excluding tert-OH is 1. The number of rotatable bonds is 2. The van der Waals surface area contributed by atoms with Crippen LogP contribution in [-0.4, -0.2) is 28.0 Å². The second-order valence-corrected chi connectivity index (χ2v) is 5.46. The number of unbranched alkanes of at least 4 members (excludes halogenated alkanes) is 1. The van der Waals surface area contributed by atoms with Gasteiger partial charge in [0.1, 0.15) is 0 Å². The molecule has 0 radical (unpaired) electrons. The maximum absolute atomic E-state index is 8.07. The van der Waals surface area contributed by atoms with Gasteiger partial charge in [0, 0.05) is 6.61 Å². The number of aryl methyl sites for hydroxylation is 2. The molecule has 1 N–H and O–H groups in total. The van der Waals surface area contributed by atoms with Crippen molar-refractivity contribution in [1.29, 1.82) is 0 Å². The molecule has 90 valence electrons. The zero-order chi connectivity index (χ0) is 12.7. The summed E-state index contributed by atoms with van der Waals surface area (Å²) in [6, 6.07) is 2.28. The maximum atomic E-state index is 8.07. The van der Waals surface area contributed by atoms with E-state index in [2.05, 4.69) is 40.7 Å². The Bertz CT molecular complexity index is 304. The van der Waals surface area contributed by atoms with Crippen LogP contribution in [0.4, 0.5) is 0 Å². The molecule has 0 atom stereocenters. The molecule has 1 aromatic rings. The molecule has 1 rings (SSSR count). The molecule has 0 saturated heterocycles. The summed E-state index contributed by atoms with van der Waals surface area (Å²) < 4.78 is 1.59. The fraction of sp³-hybridized carbons (Fsp3) is 0.571. The van der Waals surface area contributed by atoms with Crippen molar-refractivity contribution in [3.05, 3.63) is 28.3 Å². The zero-order valence-corrected chi connectivity index (χ0v) is 13.6. The predicted octanol–water partition coefficient (Wildman–Crippen LogP) is 1.96. The molecular weight excluding hydrogens is 211 g/mol. The van der Waals surface area contributed by atoms with E-state index >= 15 is 0 Å². The van der Waals surface area contributed by atoms with Crippen molar-refractivity contribution in [2.45, 2.75) is 47.5 Å². The van der Waals surface area contributed by atoms with E-state index in [-0.39, 0.29) is 0 Å². The fourth-order valence-electron chi connectivity index (χ4n) is 1.57. The molecule has 0 aliphatic heterocycles. The standard InChI is InChI=1S/C10H13.C4H10O.Al.2H/c1-7-5-9(3)10(4)6-8(7)2;1-2-3-4-5;;;/h5H,1-4H3;5H,2-4H2,1H3;;;. The number of aliphatic hydroxyl groups is 1. The van der Waals surface area contributed by atoms with Gasteiger partial charge in [0.2, 0.25) is 0 Å². The molecule has 0 amide bonds. The quantitative estimate of drug-likeness (QED) is 0.778. The molecule has 2 heteroatoms. The first kappa shape index (κ1) is 15.7. The minimum atomic E-state index is 0.344. The third kappa shape index (κ3) is 4.70. The SMILES string of the molecule is CCCCO.Cc1cc(C)c(C)[c]([AlH2])c1C. The van der Waals surface area contributed by atoms with E-state index < -0.39 is 0 Å². The molecule has 0 spiro atoms. The van der Waals surface area contributed by atoms with Crippen molar-refractivity contribution in [3.63, 3.8) is 0 Å². The van der Waals surface area contributed by atoms with E-state index in [9.17, 15) is 0 Å². The summed E-state index contributed by atoms with van der Waals surface area (Å²) >= 11 is 1.18. The van der Waals surface area contributed by atoms with Gasteiger partial charge >= 0.3 is 0 Å². The Morgan fingerprint density at radius 1 is 1.06 bits per heavy atom. The Hall–Kier alpha value is -0.288. The molecule has 0 fully saturated rings. The summed E-state index contributed by atoms with van der Waals surface area (Å²) in [6.07, 6.45) is 2.04. The largest absolute Gasteiger partial charge is 0.396 e. The molecule has 0 aromatic heterocycles. The molecule has 0 bridgehead atoms. The summed E-state index contributed by atoms with van der Waals surface area (Å²) in [4.78, 5) is 0. The minimum Gasteiger partial charge on any atom is -0.396 e. The molecule has 1 aromatic carbocycles. The average molecular weight is 236 g/mol. The van der Waals surface area contributed by atoms with Crippen LogP contribution in [-0.2, 0) is 0 Å². The Labute approximate surface area is 108 Å². The lowest BCUT2D eigenvalue weighted by Gasteiger charge is -2.11. The van der Waals surface area contributed by atoms with E-state index in [1.807, 2.05) is 0 Å². The average Bonchev–Trinajstić information content (AvgIpc) is 2.26. The minimum absolute atomic E-state index is 0.344. The van der Waals surface area contributed by atoms with Crippen LogP contribution in [0.2, 0.25) is 0 Å². The topological polar surface area (TPSA) is 20.2 Å². The van der Waals surface area contributed by atoms with Crippen LogP contribution in [0, 0.1) is 27.7 Å². The van der Waals surface area contributed by atoms with Gasteiger partial charge in [-0.3, -0.25) is 0 Å². The second kappa shape index (κ2) is 7.90. The van der Waals surface area contributed by atoms with Crippen LogP contribution >= 0.6 is 0 Å². The lowest BCUT2D eigenvalue weighted by molar-refractivity contribution is 0.287. The van der Waals surface area contributed by atoms with Crippen LogP contribution in [0.15, 0.2) is 6.07 Å². The zero-order valence-electron chi connectivity index (χ0n) is 11.6. The normalized spacial score (nSPS) is 9.62. The molecule has 0 aliphatic rings. The van der Waals surface area contributed by atoms with Gasteiger partial charge in [-0.25, -0.2) is 0 Å². The molecule has 1 nitrogen and oxygen atoms in total. The van der Waals surface area contributed by atoms with Crippen molar-refractivity contribution in [1.82, 2.24) is 0 Å². The number of hydrogen-bond acceptors (Lipinski definition) is 1. The van der Waals surface area contributed by atoms with Crippen molar-refractivity contribution in [2.75, 3.05) is 6.61 Å². The Morgan fingerprint density at radius 3 is 1.75 bits per heavy atom. The molecule has 0 saturated carbocycles. The predicted molar refractivity (Wildman–Crippen MR) is 75.6 cm³/mol. The van der Waals surface area contributed by atoms with Gasteiger partial charge in [-0.1, -0.05) is 30.5 Å². The molecule has 0 unspecified atom stereocenters. The summed E-state index contributed by atoms with van der Waals surface area (Å²) in [5, 5.41) is 8.07. The monoisotopic (exact) mass is 236 g/mol. The maximum Gasteiger partial charge on any atom is 0.259 e. The molecular formula is C14H25AlO. The van der Waals surface area contributed by atoms with Gasteiger partial charge in [-0.05, 0) is 45.2 Å². The summed E-state index contributed by atoms with van der Waals surface area (Å²) in [5.41, 5.74) is 5.88. The first-order valence-electron chi connectivity index (χ1n) is 6.10. The highest BCUT2D eigenvalue weighted by Crippen LogP contribution is 2.10. The van der Waals surface area contributed by atoms with E-state index in [1.54, 1.807) is 4.43 Å². The van der Waals surface area contributed by atoms with Gasteiger partial charge in [0.05, 0.1) is 0 Å². The smallest absolute Gasteiger partial charge is 0.259 e. The summed E-state index contributed by atoms with van der Waals surface area (Å²) in [6.45, 7) is 11.2. The Kier molecular flexibility index (Phi) is 7.76. The van der Waals surface area contributed by atoms with Crippen molar-refractivity contribution < 1.29 is 5.11 Å². The van der Waals surface area contributed by atoms with Gasteiger partial charge < -0.3 is 5.11 Å². The van der Waals surface area contributed by atoms with Gasteiger partial charge in [-0.15, -0.1) is 4.43 Å². The second-order valence-electron chi connectivity index (χ2n) is 4.46. The first-order valence-corrected chi connectivity index (χ1v) is 7.10. The van der Waals surface area contributed by atoms with Crippen LogP contribution in [0.5, 0.6) is 0 Å². The van der Waals surface area contributed by atoms with Crippen LogP contribution in [0.3, 0.4) is 0 Å². The van der Waals surface area contributed by atoms with Crippen LogP contribution < -0.4 is 4.43 Å². The highest BCUT2D eigenvalue weighted by Gasteiger charge is 2.01. The van der Waals surface area contributed by atoms with E-state index in [0.29, 0.717) is 6.61 Å². The lowest BCUT2D eigenvalue weighted by Crippen LogP contribution is -2.14. The van der Waals surface area contributed by atoms with Crippen molar-refractivity contribution in [3.8, 4) is 0 Å². The van der Waals surface area contributed by atoms with Crippen LogP contribution in [0.25, 0.3) is 0 Å². The Balaban J connectivity index is 0.000000385. The van der Waals surface area contributed by atoms with E-state index in [4.69, 9.17) is 5.11 Å². The van der Waals surface area contributed by atoms with Gasteiger partial charge in [0.25, 0.3) is 16.3 Å². The van der Waals surface area contributed by atoms with E-state index in [0.717, 1.165) is 12.8 Å². The van der Waals surface area contributed by atoms with Crippen LogP contribution in [0.1, 0.15) is 42.0 Å². The highest BCUT2D eigenvalue weighted by atomic mass is 27.0. The third-order valence-corrected chi connectivity index (χ3v) is 4.75. The van der Waals surface area contributed by atoms with Crippen molar-refractivity contribution >= 4 is 20.7 Å². The van der Waals surface area contributed by atoms with E-state index in [1.165, 1.54) is 38.5 Å². The summed E-state index contributed by atoms with van der Waals surface area (Å²) in [7, 11) is 0. The molecule has 0 aliphatic carbocycles. The third-order valence-electron chi connectivity index (χ3n) is 3.25. The lowest BCUT2D eigenvalue weighted by atomic mass is 10.0. The highest BCUT2D eigenvalue weighted by molar-refractivity contribution is 6.34. The first-order chi connectivity index (χ1) is 7.45. The van der Waals surface area contributed by atoms with Crippen molar-refractivity contribution in [2.24, 2.45) is 0 Å². The number of benzene rings is 1. The summed E-state index contributed by atoms with van der Waals surface area (Å²) in [5.74, 6) is 0.